The van der Waals surface area contributed by atoms with E-state index >= 15 is 0 Å². The van der Waals surface area contributed by atoms with Crippen LogP contribution in [0.4, 0.5) is 17.3 Å². The Kier molecular flexibility index (Phi) is 4.88. The minimum atomic E-state index is -0.406. The molecule has 1 saturated heterocycles. The number of aromatic nitrogens is 2. The first-order valence-electron chi connectivity index (χ1n) is 8.15. The summed E-state index contributed by atoms with van der Waals surface area (Å²) in [6.07, 6.45) is 4.45. The van der Waals surface area contributed by atoms with Crippen LogP contribution in [0.1, 0.15) is 18.4 Å². The lowest BCUT2D eigenvalue weighted by atomic mass is 9.90. The largest absolute Gasteiger partial charge is 0.367 e. The molecule has 0 aliphatic carbocycles. The van der Waals surface area contributed by atoms with Crippen molar-refractivity contribution < 1.29 is 4.92 Å². The van der Waals surface area contributed by atoms with Crippen molar-refractivity contribution in [3.05, 3.63) is 52.3 Å². The summed E-state index contributed by atoms with van der Waals surface area (Å²) < 4.78 is 0. The second-order valence-electron chi connectivity index (χ2n) is 6.02. The number of anilines is 2. The topological polar surface area (TPSA) is 84.2 Å². The van der Waals surface area contributed by atoms with Gasteiger partial charge in [-0.1, -0.05) is 30.3 Å². The van der Waals surface area contributed by atoms with Gasteiger partial charge in [0.05, 0.1) is 4.92 Å². The van der Waals surface area contributed by atoms with E-state index in [1.807, 2.05) is 11.0 Å². The number of nitro groups is 1. The van der Waals surface area contributed by atoms with Crippen LogP contribution in [0.15, 0.2) is 36.7 Å². The van der Waals surface area contributed by atoms with Gasteiger partial charge in [0, 0.05) is 20.1 Å². The molecule has 0 unspecified atom stereocenters. The summed E-state index contributed by atoms with van der Waals surface area (Å²) in [6.45, 7) is 1.55. The predicted molar refractivity (Wildman–Crippen MR) is 93.3 cm³/mol. The maximum atomic E-state index is 11.4. The zero-order valence-corrected chi connectivity index (χ0v) is 13.7. The lowest BCUT2D eigenvalue weighted by Gasteiger charge is -2.32. The molecular weight excluding hydrogens is 306 g/mol. The number of rotatable bonds is 5. The molecule has 126 valence electrons. The van der Waals surface area contributed by atoms with Crippen molar-refractivity contribution in [1.29, 1.82) is 0 Å². The van der Waals surface area contributed by atoms with Gasteiger partial charge in [-0.3, -0.25) is 10.1 Å². The van der Waals surface area contributed by atoms with Crippen LogP contribution < -0.4 is 10.2 Å². The SMILES string of the molecule is CNc1ncnc(N2CCC(Cc3ccccc3)CC2)c1[N+](=O)[O-]. The number of hydrogen-bond acceptors (Lipinski definition) is 6. The summed E-state index contributed by atoms with van der Waals surface area (Å²) in [4.78, 5) is 21.1. The van der Waals surface area contributed by atoms with Crippen molar-refractivity contribution in [2.24, 2.45) is 5.92 Å². The Hall–Kier alpha value is -2.70. The highest BCUT2D eigenvalue weighted by atomic mass is 16.6. The van der Waals surface area contributed by atoms with E-state index in [9.17, 15) is 10.1 Å². The normalized spacial score (nSPS) is 15.3. The van der Waals surface area contributed by atoms with E-state index in [0.717, 1.165) is 32.4 Å². The molecule has 0 bridgehead atoms. The molecule has 0 radical (unpaired) electrons. The molecule has 1 aromatic carbocycles. The Morgan fingerprint density at radius 2 is 1.96 bits per heavy atom. The summed E-state index contributed by atoms with van der Waals surface area (Å²) in [5.74, 6) is 1.28. The van der Waals surface area contributed by atoms with Crippen LogP contribution in [0.5, 0.6) is 0 Å². The number of nitrogens with zero attached hydrogens (tertiary/aromatic N) is 4. The standard InChI is InChI=1S/C17H21N5O2/c1-18-16-15(22(23)24)17(20-12-19-16)21-9-7-14(8-10-21)11-13-5-3-2-4-6-13/h2-6,12,14H,7-11H2,1H3,(H,18,19,20). The third-order valence-electron chi connectivity index (χ3n) is 4.50. The van der Waals surface area contributed by atoms with Gasteiger partial charge < -0.3 is 10.2 Å². The van der Waals surface area contributed by atoms with E-state index in [2.05, 4.69) is 39.6 Å². The lowest BCUT2D eigenvalue weighted by molar-refractivity contribution is -0.383. The number of piperidine rings is 1. The van der Waals surface area contributed by atoms with E-state index in [4.69, 9.17) is 0 Å². The van der Waals surface area contributed by atoms with E-state index in [-0.39, 0.29) is 11.5 Å². The molecule has 3 rings (SSSR count). The fraction of sp³-hybridized carbons (Fsp3) is 0.412. The zero-order valence-electron chi connectivity index (χ0n) is 13.7. The quantitative estimate of drug-likeness (QED) is 0.671. The fourth-order valence-corrected chi connectivity index (χ4v) is 3.25. The summed E-state index contributed by atoms with van der Waals surface area (Å²) >= 11 is 0. The van der Waals surface area contributed by atoms with Gasteiger partial charge in [-0.15, -0.1) is 0 Å². The lowest BCUT2D eigenvalue weighted by Crippen LogP contribution is -2.35. The number of nitrogens with one attached hydrogen (secondary N) is 1. The van der Waals surface area contributed by atoms with Crippen molar-refractivity contribution in [3.63, 3.8) is 0 Å². The number of hydrogen-bond donors (Lipinski definition) is 1. The highest BCUT2D eigenvalue weighted by molar-refractivity contribution is 5.70. The van der Waals surface area contributed by atoms with Crippen molar-refractivity contribution >= 4 is 17.3 Å². The molecular formula is C17H21N5O2. The van der Waals surface area contributed by atoms with E-state index < -0.39 is 4.92 Å². The van der Waals surface area contributed by atoms with Gasteiger partial charge in [-0.05, 0) is 30.7 Å². The maximum absolute atomic E-state index is 11.4. The molecule has 2 aromatic rings. The molecule has 1 aromatic heterocycles. The van der Waals surface area contributed by atoms with Crippen LogP contribution in [0.25, 0.3) is 0 Å². The van der Waals surface area contributed by atoms with Gasteiger partial charge in [0.2, 0.25) is 11.6 Å². The van der Waals surface area contributed by atoms with Gasteiger partial charge in [-0.2, -0.15) is 0 Å². The molecule has 0 amide bonds. The van der Waals surface area contributed by atoms with Gasteiger partial charge in [-0.25, -0.2) is 9.97 Å². The molecule has 1 aliphatic rings. The fourth-order valence-electron chi connectivity index (χ4n) is 3.25. The van der Waals surface area contributed by atoms with Crippen molar-refractivity contribution in [3.8, 4) is 0 Å². The molecule has 0 atom stereocenters. The third-order valence-corrected chi connectivity index (χ3v) is 4.50. The molecule has 1 N–H and O–H groups in total. The smallest absolute Gasteiger partial charge is 0.353 e. The molecule has 1 fully saturated rings. The molecule has 7 heteroatoms. The first-order chi connectivity index (χ1) is 11.7. The summed E-state index contributed by atoms with van der Waals surface area (Å²) in [5, 5.41) is 14.2. The minimum Gasteiger partial charge on any atom is -0.367 e. The van der Waals surface area contributed by atoms with Crippen LogP contribution in [-0.2, 0) is 6.42 Å². The van der Waals surface area contributed by atoms with Crippen LogP contribution in [0.2, 0.25) is 0 Å². The first kappa shape index (κ1) is 16.2. The number of benzene rings is 1. The highest BCUT2D eigenvalue weighted by Gasteiger charge is 2.29. The average molecular weight is 327 g/mol. The van der Waals surface area contributed by atoms with Crippen LogP contribution >= 0.6 is 0 Å². The van der Waals surface area contributed by atoms with Gasteiger partial charge in [0.15, 0.2) is 0 Å². The monoisotopic (exact) mass is 327 g/mol. The second-order valence-corrected chi connectivity index (χ2v) is 6.02. The molecule has 2 heterocycles. The van der Waals surface area contributed by atoms with Crippen molar-refractivity contribution in [2.75, 3.05) is 30.4 Å². The Morgan fingerprint density at radius 1 is 1.25 bits per heavy atom. The van der Waals surface area contributed by atoms with Crippen LogP contribution in [-0.4, -0.2) is 35.0 Å². The molecule has 0 spiro atoms. The molecule has 0 saturated carbocycles. The average Bonchev–Trinajstić information content (AvgIpc) is 2.62. The molecule has 1 aliphatic heterocycles. The van der Waals surface area contributed by atoms with Crippen molar-refractivity contribution in [1.82, 2.24) is 9.97 Å². The van der Waals surface area contributed by atoms with Crippen molar-refractivity contribution in [2.45, 2.75) is 19.3 Å². The summed E-state index contributed by atoms with van der Waals surface area (Å²) in [7, 11) is 1.63. The summed E-state index contributed by atoms with van der Waals surface area (Å²) in [6, 6.07) is 10.5. The Labute approximate surface area is 140 Å². The predicted octanol–water partition coefficient (Wildman–Crippen LogP) is 2.89. The molecule has 24 heavy (non-hydrogen) atoms. The minimum absolute atomic E-state index is 0.0403. The van der Waals surface area contributed by atoms with Crippen LogP contribution in [0.3, 0.4) is 0 Å². The maximum Gasteiger partial charge on any atom is 0.353 e. The van der Waals surface area contributed by atoms with E-state index in [1.54, 1.807) is 7.05 Å². The zero-order chi connectivity index (χ0) is 16.9. The summed E-state index contributed by atoms with van der Waals surface area (Å²) in [5.41, 5.74) is 1.31. The van der Waals surface area contributed by atoms with Crippen LogP contribution in [0, 0.1) is 16.0 Å². The Morgan fingerprint density at radius 3 is 2.58 bits per heavy atom. The molecule has 7 nitrogen and oxygen atoms in total. The third kappa shape index (κ3) is 3.45. The first-order valence-corrected chi connectivity index (χ1v) is 8.15. The highest BCUT2D eigenvalue weighted by Crippen LogP contribution is 2.34. The second kappa shape index (κ2) is 7.25. The Balaban J connectivity index is 1.70. The van der Waals surface area contributed by atoms with E-state index in [0.29, 0.717) is 11.7 Å². The van der Waals surface area contributed by atoms with E-state index in [1.165, 1.54) is 11.9 Å². The van der Waals surface area contributed by atoms with Gasteiger partial charge in [0.25, 0.3) is 0 Å². The van der Waals surface area contributed by atoms with Gasteiger partial charge in [0.1, 0.15) is 6.33 Å². The Bertz CT molecular complexity index is 699. The van der Waals surface area contributed by atoms with Gasteiger partial charge >= 0.3 is 5.69 Å².